The number of nitrogens with zero attached hydrogens (tertiary/aromatic N) is 2. The molecule has 3 heterocycles. The highest BCUT2D eigenvalue weighted by Crippen LogP contribution is 2.23. The molecule has 1 amide bonds. The molecule has 122 valence electrons. The van der Waals surface area contributed by atoms with Crippen molar-refractivity contribution >= 4 is 18.3 Å². The van der Waals surface area contributed by atoms with Crippen LogP contribution in [0.15, 0.2) is 0 Å². The van der Waals surface area contributed by atoms with Crippen LogP contribution >= 0.6 is 12.4 Å². The third kappa shape index (κ3) is 4.57. The molecule has 3 saturated heterocycles. The van der Waals surface area contributed by atoms with Gasteiger partial charge in [-0.25, -0.2) is 0 Å². The van der Waals surface area contributed by atoms with Gasteiger partial charge in [-0.05, 0) is 70.6 Å². The van der Waals surface area contributed by atoms with E-state index in [2.05, 4.69) is 15.1 Å². The summed E-state index contributed by atoms with van der Waals surface area (Å²) in [5, 5.41) is 3.44. The molecule has 3 aliphatic rings. The molecule has 1 N–H and O–H groups in total. The Morgan fingerprint density at radius 1 is 0.952 bits per heavy atom. The first kappa shape index (κ1) is 17.0. The van der Waals surface area contributed by atoms with Gasteiger partial charge < -0.3 is 15.1 Å². The summed E-state index contributed by atoms with van der Waals surface area (Å²) in [7, 11) is 0. The van der Waals surface area contributed by atoms with E-state index in [0.717, 1.165) is 44.9 Å². The number of piperidine rings is 2. The molecule has 0 spiro atoms. The van der Waals surface area contributed by atoms with Crippen molar-refractivity contribution in [1.29, 1.82) is 0 Å². The van der Waals surface area contributed by atoms with Gasteiger partial charge in [-0.3, -0.25) is 4.79 Å². The quantitative estimate of drug-likeness (QED) is 0.862. The molecule has 0 saturated carbocycles. The Morgan fingerprint density at radius 3 is 2.19 bits per heavy atom. The lowest BCUT2D eigenvalue weighted by molar-refractivity contribution is -0.136. The highest BCUT2D eigenvalue weighted by Gasteiger charge is 2.30. The molecule has 0 aromatic heterocycles. The minimum atomic E-state index is 0. The van der Waals surface area contributed by atoms with Crippen LogP contribution in [-0.2, 0) is 4.79 Å². The van der Waals surface area contributed by atoms with Crippen LogP contribution in [-0.4, -0.2) is 61.5 Å². The molecule has 3 rings (SSSR count). The molecule has 0 atom stereocenters. The number of carbonyl (C=O) groups is 1. The molecule has 5 heteroatoms. The number of hydrogen-bond acceptors (Lipinski definition) is 3. The molecule has 0 aliphatic carbocycles. The first-order chi connectivity index (χ1) is 9.83. The summed E-state index contributed by atoms with van der Waals surface area (Å²) in [4.78, 5) is 17.1. The summed E-state index contributed by atoms with van der Waals surface area (Å²) in [5.41, 5.74) is 0. The molecule has 0 aromatic carbocycles. The van der Waals surface area contributed by atoms with Gasteiger partial charge in [0.15, 0.2) is 0 Å². The standard InChI is InChI=1S/C16H29N3O.ClH/c20-16(19-9-1-2-10-19)15-5-11-18(12-6-15)13-14-3-7-17-8-4-14;/h14-15,17H,1-13H2;1H. The number of rotatable bonds is 3. The van der Waals surface area contributed by atoms with E-state index in [-0.39, 0.29) is 12.4 Å². The van der Waals surface area contributed by atoms with Crippen molar-refractivity contribution in [2.75, 3.05) is 45.8 Å². The van der Waals surface area contributed by atoms with Gasteiger partial charge in [0, 0.05) is 25.6 Å². The van der Waals surface area contributed by atoms with E-state index in [0.29, 0.717) is 11.8 Å². The predicted molar refractivity (Wildman–Crippen MR) is 87.8 cm³/mol. The van der Waals surface area contributed by atoms with Gasteiger partial charge in [0.2, 0.25) is 5.91 Å². The Balaban J connectivity index is 0.00000161. The summed E-state index contributed by atoms with van der Waals surface area (Å²) in [6.45, 7) is 7.92. The fraction of sp³-hybridized carbons (Fsp3) is 0.938. The van der Waals surface area contributed by atoms with Crippen LogP contribution in [0.3, 0.4) is 0 Å². The SMILES string of the molecule is Cl.O=C(C1CCN(CC2CCNCC2)CC1)N1CCCC1. The molecule has 3 fully saturated rings. The summed E-state index contributed by atoms with van der Waals surface area (Å²) < 4.78 is 0. The smallest absolute Gasteiger partial charge is 0.225 e. The summed E-state index contributed by atoms with van der Waals surface area (Å²) in [6, 6.07) is 0. The zero-order valence-electron chi connectivity index (χ0n) is 13.1. The van der Waals surface area contributed by atoms with Gasteiger partial charge in [-0.2, -0.15) is 0 Å². The maximum absolute atomic E-state index is 12.4. The van der Waals surface area contributed by atoms with Crippen molar-refractivity contribution in [2.45, 2.75) is 38.5 Å². The number of carbonyl (C=O) groups excluding carboxylic acids is 1. The Hall–Kier alpha value is -0.320. The van der Waals surface area contributed by atoms with Crippen molar-refractivity contribution in [3.05, 3.63) is 0 Å². The van der Waals surface area contributed by atoms with Crippen molar-refractivity contribution < 1.29 is 4.79 Å². The molecule has 0 bridgehead atoms. The summed E-state index contributed by atoms with van der Waals surface area (Å²) in [5.74, 6) is 1.64. The third-order valence-corrected chi connectivity index (χ3v) is 5.33. The van der Waals surface area contributed by atoms with E-state index < -0.39 is 0 Å². The van der Waals surface area contributed by atoms with Gasteiger partial charge in [-0.1, -0.05) is 0 Å². The number of amides is 1. The number of hydrogen-bond donors (Lipinski definition) is 1. The Morgan fingerprint density at radius 2 is 1.57 bits per heavy atom. The van der Waals surface area contributed by atoms with Crippen LogP contribution in [0.2, 0.25) is 0 Å². The Kier molecular flexibility index (Phi) is 6.77. The minimum absolute atomic E-state index is 0. The molecule has 0 radical (unpaired) electrons. The van der Waals surface area contributed by atoms with Gasteiger partial charge in [0.05, 0.1) is 0 Å². The molecule has 4 nitrogen and oxygen atoms in total. The summed E-state index contributed by atoms with van der Waals surface area (Å²) in [6.07, 6.45) is 7.24. The lowest BCUT2D eigenvalue weighted by atomic mass is 9.92. The van der Waals surface area contributed by atoms with Gasteiger partial charge in [0.25, 0.3) is 0 Å². The zero-order valence-corrected chi connectivity index (χ0v) is 13.9. The Bertz CT molecular complexity index is 319. The van der Waals surface area contributed by atoms with E-state index >= 15 is 0 Å². The second-order valence-corrected chi connectivity index (χ2v) is 6.80. The largest absolute Gasteiger partial charge is 0.342 e. The van der Waals surface area contributed by atoms with Crippen molar-refractivity contribution in [3.63, 3.8) is 0 Å². The highest BCUT2D eigenvalue weighted by molar-refractivity contribution is 5.85. The maximum Gasteiger partial charge on any atom is 0.225 e. The van der Waals surface area contributed by atoms with Crippen LogP contribution < -0.4 is 5.32 Å². The van der Waals surface area contributed by atoms with E-state index in [1.165, 1.54) is 45.3 Å². The lowest BCUT2D eigenvalue weighted by Crippen LogP contribution is -2.44. The zero-order chi connectivity index (χ0) is 13.8. The first-order valence-corrected chi connectivity index (χ1v) is 8.55. The Labute approximate surface area is 135 Å². The van der Waals surface area contributed by atoms with Gasteiger partial charge in [0.1, 0.15) is 0 Å². The topological polar surface area (TPSA) is 35.6 Å². The third-order valence-electron chi connectivity index (χ3n) is 5.33. The van der Waals surface area contributed by atoms with Crippen LogP contribution in [0, 0.1) is 11.8 Å². The molecule has 0 aromatic rings. The van der Waals surface area contributed by atoms with E-state index in [4.69, 9.17) is 0 Å². The maximum atomic E-state index is 12.4. The van der Waals surface area contributed by atoms with E-state index in [1.807, 2.05) is 0 Å². The fourth-order valence-electron chi connectivity index (χ4n) is 3.99. The van der Waals surface area contributed by atoms with Gasteiger partial charge >= 0.3 is 0 Å². The average molecular weight is 316 g/mol. The second kappa shape index (κ2) is 8.35. The monoisotopic (exact) mass is 315 g/mol. The molecular formula is C16H30ClN3O. The molecular weight excluding hydrogens is 286 g/mol. The summed E-state index contributed by atoms with van der Waals surface area (Å²) >= 11 is 0. The minimum Gasteiger partial charge on any atom is -0.342 e. The average Bonchev–Trinajstić information content (AvgIpc) is 3.03. The van der Waals surface area contributed by atoms with E-state index in [9.17, 15) is 4.79 Å². The predicted octanol–water partition coefficient (Wildman–Crippen LogP) is 1.74. The first-order valence-electron chi connectivity index (χ1n) is 8.55. The number of nitrogens with one attached hydrogen (secondary N) is 1. The van der Waals surface area contributed by atoms with Crippen molar-refractivity contribution in [1.82, 2.24) is 15.1 Å². The van der Waals surface area contributed by atoms with Crippen LogP contribution in [0.5, 0.6) is 0 Å². The number of likely N-dealkylation sites (tertiary alicyclic amines) is 2. The van der Waals surface area contributed by atoms with Crippen molar-refractivity contribution in [3.8, 4) is 0 Å². The van der Waals surface area contributed by atoms with Gasteiger partial charge in [-0.15, -0.1) is 12.4 Å². The molecule has 0 unspecified atom stereocenters. The second-order valence-electron chi connectivity index (χ2n) is 6.80. The molecule has 21 heavy (non-hydrogen) atoms. The van der Waals surface area contributed by atoms with Crippen LogP contribution in [0.1, 0.15) is 38.5 Å². The lowest BCUT2D eigenvalue weighted by Gasteiger charge is -2.36. The van der Waals surface area contributed by atoms with Crippen molar-refractivity contribution in [2.24, 2.45) is 11.8 Å². The van der Waals surface area contributed by atoms with Crippen LogP contribution in [0.25, 0.3) is 0 Å². The normalized spacial score (nSPS) is 25.8. The van der Waals surface area contributed by atoms with Crippen LogP contribution in [0.4, 0.5) is 0 Å². The number of halogens is 1. The highest BCUT2D eigenvalue weighted by atomic mass is 35.5. The fourth-order valence-corrected chi connectivity index (χ4v) is 3.99. The van der Waals surface area contributed by atoms with E-state index in [1.54, 1.807) is 0 Å². The molecule has 3 aliphatic heterocycles.